The molecule has 0 radical (unpaired) electrons. The van der Waals surface area contributed by atoms with Crippen LogP contribution in [0, 0.1) is 19.8 Å². The lowest BCUT2D eigenvalue weighted by Gasteiger charge is -2.22. The topological polar surface area (TPSA) is 67.9 Å². The highest BCUT2D eigenvalue weighted by Crippen LogP contribution is 2.36. The molecule has 1 atom stereocenters. The van der Waals surface area contributed by atoms with Gasteiger partial charge in [-0.25, -0.2) is 0 Å². The van der Waals surface area contributed by atoms with Crippen molar-refractivity contribution in [1.29, 1.82) is 0 Å². The van der Waals surface area contributed by atoms with Crippen molar-refractivity contribution in [3.8, 4) is 11.5 Å². The van der Waals surface area contributed by atoms with E-state index in [9.17, 15) is 9.59 Å². The number of fused-ring (bicyclic) bond motifs is 1. The van der Waals surface area contributed by atoms with E-state index in [1.165, 1.54) is 0 Å². The van der Waals surface area contributed by atoms with Gasteiger partial charge in [-0.2, -0.15) is 0 Å². The molecule has 0 spiro atoms. The molecule has 0 saturated carbocycles. The van der Waals surface area contributed by atoms with Gasteiger partial charge in [0.2, 0.25) is 11.8 Å². The maximum absolute atomic E-state index is 12.7. The van der Waals surface area contributed by atoms with E-state index in [2.05, 4.69) is 5.32 Å². The zero-order valence-corrected chi connectivity index (χ0v) is 15.5. The fourth-order valence-corrected chi connectivity index (χ4v) is 3.44. The van der Waals surface area contributed by atoms with Gasteiger partial charge < -0.3 is 19.7 Å². The molecule has 27 heavy (non-hydrogen) atoms. The van der Waals surface area contributed by atoms with Gasteiger partial charge in [0.15, 0.2) is 11.5 Å². The number of amides is 2. The Kier molecular flexibility index (Phi) is 4.48. The molecule has 1 fully saturated rings. The summed E-state index contributed by atoms with van der Waals surface area (Å²) in [6.45, 7) is 5.31. The lowest BCUT2D eigenvalue weighted by Crippen LogP contribution is -2.28. The second-order valence-electron chi connectivity index (χ2n) is 7.04. The highest BCUT2D eigenvalue weighted by Gasteiger charge is 2.35. The second kappa shape index (κ2) is 6.95. The number of carbonyl (C=O) groups is 2. The number of nitrogens with one attached hydrogen (secondary N) is 1. The number of benzene rings is 2. The lowest BCUT2D eigenvalue weighted by atomic mass is 10.1. The number of aryl methyl sites for hydroxylation is 2. The van der Waals surface area contributed by atoms with Crippen LogP contribution in [-0.4, -0.2) is 31.6 Å². The minimum atomic E-state index is -0.384. The Balaban J connectivity index is 1.49. The van der Waals surface area contributed by atoms with E-state index in [-0.39, 0.29) is 24.2 Å². The highest BCUT2D eigenvalue weighted by atomic mass is 16.6. The van der Waals surface area contributed by atoms with Gasteiger partial charge in [0.1, 0.15) is 13.2 Å². The Morgan fingerprint density at radius 1 is 1.07 bits per heavy atom. The first-order chi connectivity index (χ1) is 13.0. The summed E-state index contributed by atoms with van der Waals surface area (Å²) in [6, 6.07) is 11.4. The van der Waals surface area contributed by atoms with Crippen LogP contribution in [0.1, 0.15) is 17.5 Å². The van der Waals surface area contributed by atoms with Gasteiger partial charge in [-0.3, -0.25) is 9.59 Å². The molecule has 1 unspecified atom stereocenters. The fraction of sp³-hybridized carbons (Fsp3) is 0.333. The molecule has 0 bridgehead atoms. The minimum Gasteiger partial charge on any atom is -0.486 e. The average molecular weight is 366 g/mol. The van der Waals surface area contributed by atoms with Crippen LogP contribution in [0.3, 0.4) is 0 Å². The van der Waals surface area contributed by atoms with Crippen molar-refractivity contribution in [2.75, 3.05) is 30.0 Å². The molecule has 6 heteroatoms. The maximum Gasteiger partial charge on any atom is 0.229 e. The van der Waals surface area contributed by atoms with Gasteiger partial charge in [-0.15, -0.1) is 0 Å². The SMILES string of the molecule is Cc1ccc(C)c(NC(=O)C2CC(=O)N(c3ccc4c(c3)OCCO4)C2)c1. The largest absolute Gasteiger partial charge is 0.486 e. The van der Waals surface area contributed by atoms with Crippen LogP contribution in [0.5, 0.6) is 11.5 Å². The van der Waals surface area contributed by atoms with E-state index < -0.39 is 0 Å². The van der Waals surface area contributed by atoms with Crippen LogP contribution in [-0.2, 0) is 9.59 Å². The van der Waals surface area contributed by atoms with Gasteiger partial charge in [0, 0.05) is 30.4 Å². The van der Waals surface area contributed by atoms with Crippen LogP contribution >= 0.6 is 0 Å². The highest BCUT2D eigenvalue weighted by molar-refractivity contribution is 6.03. The lowest BCUT2D eigenvalue weighted by molar-refractivity contribution is -0.122. The van der Waals surface area contributed by atoms with Gasteiger partial charge in [-0.05, 0) is 43.2 Å². The molecule has 6 nitrogen and oxygen atoms in total. The first-order valence-corrected chi connectivity index (χ1v) is 9.09. The maximum atomic E-state index is 12.7. The molecule has 0 aliphatic carbocycles. The quantitative estimate of drug-likeness (QED) is 0.907. The van der Waals surface area contributed by atoms with Crippen molar-refractivity contribution >= 4 is 23.2 Å². The standard InChI is InChI=1S/C21H22N2O4/c1-13-3-4-14(2)17(9-13)22-21(25)15-10-20(24)23(12-15)16-5-6-18-19(11-16)27-8-7-26-18/h3-6,9,11,15H,7-8,10,12H2,1-2H3,(H,22,25). The number of rotatable bonds is 3. The fourth-order valence-electron chi connectivity index (χ4n) is 3.44. The molecule has 1 saturated heterocycles. The first-order valence-electron chi connectivity index (χ1n) is 9.09. The van der Waals surface area contributed by atoms with Gasteiger partial charge in [-0.1, -0.05) is 12.1 Å². The van der Waals surface area contributed by atoms with E-state index in [4.69, 9.17) is 9.47 Å². The molecule has 2 amide bonds. The monoisotopic (exact) mass is 366 g/mol. The van der Waals surface area contributed by atoms with Crippen LogP contribution in [0.4, 0.5) is 11.4 Å². The Labute approximate surface area is 158 Å². The van der Waals surface area contributed by atoms with E-state index in [1.54, 1.807) is 17.0 Å². The molecule has 1 N–H and O–H groups in total. The van der Waals surface area contributed by atoms with E-state index in [0.717, 1.165) is 22.5 Å². The summed E-state index contributed by atoms with van der Waals surface area (Å²) in [5.41, 5.74) is 3.61. The van der Waals surface area contributed by atoms with E-state index >= 15 is 0 Å². The summed E-state index contributed by atoms with van der Waals surface area (Å²) in [6.07, 6.45) is 0.200. The molecule has 2 aromatic carbocycles. The Hall–Kier alpha value is -3.02. The Bertz CT molecular complexity index is 909. The van der Waals surface area contributed by atoms with Crippen molar-refractivity contribution in [1.82, 2.24) is 0 Å². The molecular formula is C21H22N2O4. The van der Waals surface area contributed by atoms with Crippen LogP contribution in [0.25, 0.3) is 0 Å². The van der Waals surface area contributed by atoms with Crippen molar-refractivity contribution in [3.05, 3.63) is 47.5 Å². The Morgan fingerprint density at radius 3 is 2.67 bits per heavy atom. The summed E-state index contributed by atoms with van der Waals surface area (Å²) < 4.78 is 11.1. The summed E-state index contributed by atoms with van der Waals surface area (Å²) in [4.78, 5) is 26.8. The first kappa shape index (κ1) is 17.4. The van der Waals surface area contributed by atoms with Crippen LogP contribution < -0.4 is 19.7 Å². The molecule has 0 aromatic heterocycles. The third kappa shape index (κ3) is 3.47. The van der Waals surface area contributed by atoms with Crippen molar-refractivity contribution in [2.24, 2.45) is 5.92 Å². The zero-order chi connectivity index (χ0) is 19.0. The summed E-state index contributed by atoms with van der Waals surface area (Å²) in [5.74, 6) is 0.742. The summed E-state index contributed by atoms with van der Waals surface area (Å²) in [5, 5.41) is 2.97. The van der Waals surface area contributed by atoms with Crippen molar-refractivity contribution in [3.63, 3.8) is 0 Å². The van der Waals surface area contributed by atoms with Gasteiger partial charge in [0.25, 0.3) is 0 Å². The predicted molar refractivity (Wildman–Crippen MR) is 102 cm³/mol. The summed E-state index contributed by atoms with van der Waals surface area (Å²) in [7, 11) is 0. The van der Waals surface area contributed by atoms with E-state index in [0.29, 0.717) is 31.3 Å². The molecule has 2 heterocycles. The molecule has 140 valence electrons. The van der Waals surface area contributed by atoms with Gasteiger partial charge >= 0.3 is 0 Å². The average Bonchev–Trinajstić information content (AvgIpc) is 3.06. The molecular weight excluding hydrogens is 344 g/mol. The number of carbonyl (C=O) groups excluding carboxylic acids is 2. The zero-order valence-electron chi connectivity index (χ0n) is 15.5. The van der Waals surface area contributed by atoms with Crippen LogP contribution in [0.15, 0.2) is 36.4 Å². The number of nitrogens with zero attached hydrogens (tertiary/aromatic N) is 1. The third-order valence-electron chi connectivity index (χ3n) is 4.98. The molecule has 4 rings (SSSR count). The second-order valence-corrected chi connectivity index (χ2v) is 7.04. The third-order valence-corrected chi connectivity index (χ3v) is 4.98. The minimum absolute atomic E-state index is 0.0622. The summed E-state index contributed by atoms with van der Waals surface area (Å²) >= 11 is 0. The van der Waals surface area contributed by atoms with Gasteiger partial charge in [0.05, 0.1) is 5.92 Å². The molecule has 2 aliphatic heterocycles. The predicted octanol–water partition coefficient (Wildman–Crippen LogP) is 3.07. The van der Waals surface area contributed by atoms with Crippen molar-refractivity contribution < 1.29 is 19.1 Å². The molecule has 2 aromatic rings. The van der Waals surface area contributed by atoms with E-state index in [1.807, 2.05) is 38.1 Å². The number of ether oxygens (including phenoxy) is 2. The number of anilines is 2. The van der Waals surface area contributed by atoms with Crippen LogP contribution in [0.2, 0.25) is 0 Å². The Morgan fingerprint density at radius 2 is 1.85 bits per heavy atom. The van der Waals surface area contributed by atoms with Crippen molar-refractivity contribution in [2.45, 2.75) is 20.3 Å². The number of hydrogen-bond donors (Lipinski definition) is 1. The number of hydrogen-bond acceptors (Lipinski definition) is 4. The smallest absolute Gasteiger partial charge is 0.229 e. The molecule has 2 aliphatic rings. The normalized spacial score (nSPS) is 18.5.